The molecule has 0 N–H and O–H groups in total. The van der Waals surface area contributed by atoms with Crippen LogP contribution in [0.1, 0.15) is 11.4 Å². The molecule has 5 heterocycles. The van der Waals surface area contributed by atoms with Gasteiger partial charge in [-0.15, -0.1) is 0 Å². The van der Waals surface area contributed by atoms with Gasteiger partial charge in [0.15, 0.2) is 5.82 Å². The summed E-state index contributed by atoms with van der Waals surface area (Å²) in [7, 11) is 0. The van der Waals surface area contributed by atoms with E-state index in [9.17, 15) is 0 Å². The van der Waals surface area contributed by atoms with Gasteiger partial charge in [-0.3, -0.25) is 14.9 Å². The number of likely N-dealkylation sites (tertiary alicyclic amines) is 1. The van der Waals surface area contributed by atoms with Gasteiger partial charge in [0.2, 0.25) is 0 Å². The number of rotatable bonds is 4. The molecule has 0 aliphatic carbocycles. The molecule has 0 bridgehead atoms. The Morgan fingerprint density at radius 1 is 1.04 bits per heavy atom. The van der Waals surface area contributed by atoms with Crippen LogP contribution in [-0.4, -0.2) is 60.8 Å². The highest BCUT2D eigenvalue weighted by Crippen LogP contribution is 2.34. The lowest BCUT2D eigenvalue weighted by atomic mass is 10.0. The quantitative estimate of drug-likeness (QED) is 0.693. The highest BCUT2D eigenvalue weighted by Gasteiger charge is 2.40. The van der Waals surface area contributed by atoms with Crippen molar-refractivity contribution >= 4 is 5.82 Å². The van der Waals surface area contributed by atoms with E-state index in [1.165, 1.54) is 0 Å². The molecule has 0 radical (unpaired) electrons. The maximum Gasteiger partial charge on any atom is 0.158 e. The van der Waals surface area contributed by atoms with Crippen molar-refractivity contribution in [2.75, 3.05) is 31.1 Å². The van der Waals surface area contributed by atoms with Crippen molar-refractivity contribution in [2.45, 2.75) is 13.5 Å². The van der Waals surface area contributed by atoms with Crippen molar-refractivity contribution in [3.63, 3.8) is 0 Å². The SMILES string of the molecule is Cc1cncc(CN2CC3CN(c4cc(-n5cccn5)ncn4)CC3C2)n1. The van der Waals surface area contributed by atoms with Gasteiger partial charge in [-0.05, 0) is 24.8 Å². The van der Waals surface area contributed by atoms with Gasteiger partial charge in [0, 0.05) is 63.6 Å². The van der Waals surface area contributed by atoms with Crippen LogP contribution in [0.4, 0.5) is 5.82 Å². The molecule has 3 aromatic heterocycles. The Morgan fingerprint density at radius 2 is 1.85 bits per heavy atom. The van der Waals surface area contributed by atoms with E-state index in [2.05, 4.69) is 34.8 Å². The van der Waals surface area contributed by atoms with E-state index < -0.39 is 0 Å². The van der Waals surface area contributed by atoms with Crippen LogP contribution in [0.15, 0.2) is 43.2 Å². The third-order valence-electron chi connectivity index (χ3n) is 5.45. The zero-order chi connectivity index (χ0) is 18.2. The Kier molecular flexibility index (Phi) is 4.05. The second-order valence-corrected chi connectivity index (χ2v) is 7.46. The van der Waals surface area contributed by atoms with Crippen molar-refractivity contribution in [3.05, 3.63) is 54.6 Å². The molecule has 2 fully saturated rings. The number of aryl methyl sites for hydroxylation is 1. The minimum Gasteiger partial charge on any atom is -0.356 e. The average Bonchev–Trinajstić information content (AvgIpc) is 3.38. The fourth-order valence-electron chi connectivity index (χ4n) is 4.27. The molecule has 2 saturated heterocycles. The first-order chi connectivity index (χ1) is 13.2. The fourth-order valence-corrected chi connectivity index (χ4v) is 4.27. The van der Waals surface area contributed by atoms with Crippen molar-refractivity contribution in [3.8, 4) is 5.82 Å². The zero-order valence-corrected chi connectivity index (χ0v) is 15.3. The summed E-state index contributed by atoms with van der Waals surface area (Å²) in [4.78, 5) is 22.6. The standard InChI is InChI=1S/C19H22N8/c1-14-6-20-7-17(24-14)12-25-8-15-10-26(11-16(15)9-25)18-5-19(22-13-21-18)27-4-2-3-23-27/h2-7,13,15-16H,8-12H2,1H3. The number of aromatic nitrogens is 6. The third kappa shape index (κ3) is 3.28. The summed E-state index contributed by atoms with van der Waals surface area (Å²) in [6.07, 6.45) is 8.97. The van der Waals surface area contributed by atoms with Gasteiger partial charge in [-0.25, -0.2) is 14.6 Å². The Hall–Kier alpha value is -2.87. The summed E-state index contributed by atoms with van der Waals surface area (Å²) in [5.41, 5.74) is 2.04. The summed E-state index contributed by atoms with van der Waals surface area (Å²) in [6.45, 7) is 7.17. The van der Waals surface area contributed by atoms with Gasteiger partial charge in [-0.2, -0.15) is 5.10 Å². The van der Waals surface area contributed by atoms with Crippen LogP contribution in [0.2, 0.25) is 0 Å². The van der Waals surface area contributed by atoms with E-state index in [1.807, 2.05) is 31.5 Å². The van der Waals surface area contributed by atoms with Gasteiger partial charge >= 0.3 is 0 Å². The van der Waals surface area contributed by atoms with Crippen LogP contribution in [0.5, 0.6) is 0 Å². The molecule has 0 aromatic carbocycles. The molecule has 0 spiro atoms. The van der Waals surface area contributed by atoms with Gasteiger partial charge in [0.05, 0.1) is 11.4 Å². The van der Waals surface area contributed by atoms with Crippen molar-refractivity contribution < 1.29 is 0 Å². The number of anilines is 1. The summed E-state index contributed by atoms with van der Waals surface area (Å²) in [6, 6.07) is 3.92. The molecule has 2 atom stereocenters. The molecule has 0 amide bonds. The Labute approximate surface area is 157 Å². The second kappa shape index (κ2) is 6.70. The van der Waals surface area contributed by atoms with Crippen LogP contribution >= 0.6 is 0 Å². The monoisotopic (exact) mass is 362 g/mol. The maximum atomic E-state index is 4.59. The summed E-state index contributed by atoms with van der Waals surface area (Å²) < 4.78 is 1.77. The molecule has 2 aliphatic heterocycles. The molecule has 0 saturated carbocycles. The van der Waals surface area contributed by atoms with Crippen LogP contribution in [-0.2, 0) is 6.54 Å². The minimum atomic E-state index is 0.672. The minimum absolute atomic E-state index is 0.672. The average molecular weight is 362 g/mol. The van der Waals surface area contributed by atoms with E-state index in [1.54, 1.807) is 23.4 Å². The Balaban J connectivity index is 1.24. The topological polar surface area (TPSA) is 75.9 Å². The zero-order valence-electron chi connectivity index (χ0n) is 15.3. The van der Waals surface area contributed by atoms with Gasteiger partial charge in [0.25, 0.3) is 0 Å². The van der Waals surface area contributed by atoms with E-state index in [-0.39, 0.29) is 0 Å². The first-order valence-electron chi connectivity index (χ1n) is 9.31. The van der Waals surface area contributed by atoms with Crippen molar-refractivity contribution in [2.24, 2.45) is 11.8 Å². The molecule has 27 heavy (non-hydrogen) atoms. The van der Waals surface area contributed by atoms with Crippen LogP contribution in [0.25, 0.3) is 5.82 Å². The number of hydrogen-bond acceptors (Lipinski definition) is 7. The molecule has 5 rings (SSSR count). The molecule has 3 aromatic rings. The molecule has 2 unspecified atom stereocenters. The lowest BCUT2D eigenvalue weighted by molar-refractivity contribution is 0.304. The predicted molar refractivity (Wildman–Crippen MR) is 100 cm³/mol. The number of nitrogens with zero attached hydrogens (tertiary/aromatic N) is 8. The lowest BCUT2D eigenvalue weighted by Gasteiger charge is -2.22. The first-order valence-corrected chi connectivity index (χ1v) is 9.31. The van der Waals surface area contributed by atoms with Crippen molar-refractivity contribution in [1.82, 2.24) is 34.6 Å². The normalized spacial score (nSPS) is 22.3. The molecule has 138 valence electrons. The largest absolute Gasteiger partial charge is 0.356 e. The summed E-state index contributed by atoms with van der Waals surface area (Å²) >= 11 is 0. The van der Waals surface area contributed by atoms with Crippen LogP contribution < -0.4 is 4.90 Å². The first kappa shape index (κ1) is 16.3. The molecule has 2 aliphatic rings. The van der Waals surface area contributed by atoms with Crippen LogP contribution in [0.3, 0.4) is 0 Å². The summed E-state index contributed by atoms with van der Waals surface area (Å²) in [5.74, 6) is 3.14. The highest BCUT2D eigenvalue weighted by atomic mass is 15.3. The van der Waals surface area contributed by atoms with Crippen molar-refractivity contribution in [1.29, 1.82) is 0 Å². The fraction of sp³-hybridized carbons (Fsp3) is 0.421. The van der Waals surface area contributed by atoms with Gasteiger partial charge in [0.1, 0.15) is 12.1 Å². The van der Waals surface area contributed by atoms with E-state index in [0.29, 0.717) is 11.8 Å². The molecular formula is C19H22N8. The molecule has 8 heteroatoms. The Bertz CT molecular complexity index is 911. The smallest absolute Gasteiger partial charge is 0.158 e. The van der Waals surface area contributed by atoms with Gasteiger partial charge < -0.3 is 4.90 Å². The predicted octanol–water partition coefficient (Wildman–Crippen LogP) is 1.33. The second-order valence-electron chi connectivity index (χ2n) is 7.46. The van der Waals surface area contributed by atoms with E-state index >= 15 is 0 Å². The number of hydrogen-bond donors (Lipinski definition) is 0. The highest BCUT2D eigenvalue weighted by molar-refractivity contribution is 5.44. The molecule has 8 nitrogen and oxygen atoms in total. The maximum absolute atomic E-state index is 4.59. The van der Waals surface area contributed by atoms with Gasteiger partial charge in [-0.1, -0.05) is 0 Å². The van der Waals surface area contributed by atoms with E-state index in [4.69, 9.17) is 0 Å². The summed E-state index contributed by atoms with van der Waals surface area (Å²) in [5, 5.41) is 4.26. The van der Waals surface area contributed by atoms with E-state index in [0.717, 1.165) is 55.7 Å². The number of fused-ring (bicyclic) bond motifs is 1. The Morgan fingerprint density at radius 3 is 2.59 bits per heavy atom. The van der Waals surface area contributed by atoms with Crippen LogP contribution in [0, 0.1) is 18.8 Å². The third-order valence-corrected chi connectivity index (χ3v) is 5.45. The molecular weight excluding hydrogens is 340 g/mol. The lowest BCUT2D eigenvalue weighted by Crippen LogP contribution is -2.29.